The van der Waals surface area contributed by atoms with Crippen molar-refractivity contribution in [3.05, 3.63) is 97.1 Å². The fraction of sp³-hybridized carbons (Fsp3) is 0.267. The standard InChI is InChI=1S/C30H35NO/c1-5-9-10-26(8-4)23-32-30-21-19-29(20-22-30)31(27-15-11-24(6-2)12-16-27)28-17-13-25(7-3)14-18-28/h6-7,11-22,26H,2-3,5,8-10,23H2,1,4H3. The highest BCUT2D eigenvalue weighted by Gasteiger charge is 2.13. The fourth-order valence-corrected chi connectivity index (χ4v) is 3.77. The van der Waals surface area contributed by atoms with Crippen LogP contribution >= 0.6 is 0 Å². The topological polar surface area (TPSA) is 12.5 Å². The first-order chi connectivity index (χ1) is 15.7. The molecular weight excluding hydrogens is 390 g/mol. The van der Waals surface area contributed by atoms with Gasteiger partial charge in [0.2, 0.25) is 0 Å². The van der Waals surface area contributed by atoms with Gasteiger partial charge < -0.3 is 9.64 Å². The summed E-state index contributed by atoms with van der Waals surface area (Å²) in [7, 11) is 0. The van der Waals surface area contributed by atoms with Crippen LogP contribution in [0.2, 0.25) is 0 Å². The van der Waals surface area contributed by atoms with Gasteiger partial charge in [0, 0.05) is 17.1 Å². The normalized spacial score (nSPS) is 11.6. The van der Waals surface area contributed by atoms with Gasteiger partial charge in [-0.15, -0.1) is 0 Å². The number of unbranched alkanes of at least 4 members (excludes halogenated alkanes) is 1. The van der Waals surface area contributed by atoms with Gasteiger partial charge in [-0.3, -0.25) is 0 Å². The second kappa shape index (κ2) is 12.0. The number of nitrogens with zero attached hydrogens (tertiary/aromatic N) is 1. The predicted octanol–water partition coefficient (Wildman–Crippen LogP) is 9.04. The van der Waals surface area contributed by atoms with Gasteiger partial charge in [0.1, 0.15) is 5.75 Å². The molecule has 1 unspecified atom stereocenters. The number of anilines is 3. The van der Waals surface area contributed by atoms with E-state index in [1.165, 1.54) is 19.3 Å². The monoisotopic (exact) mass is 425 g/mol. The Labute approximate surface area is 193 Å². The summed E-state index contributed by atoms with van der Waals surface area (Å²) >= 11 is 0. The number of ether oxygens (including phenoxy) is 1. The molecule has 0 aliphatic carbocycles. The Morgan fingerprint density at radius 2 is 1.22 bits per heavy atom. The molecule has 0 amide bonds. The third-order valence-electron chi connectivity index (χ3n) is 5.90. The van der Waals surface area contributed by atoms with Crippen molar-refractivity contribution >= 4 is 29.2 Å². The Morgan fingerprint density at radius 1 is 0.750 bits per heavy atom. The van der Waals surface area contributed by atoms with E-state index in [-0.39, 0.29) is 0 Å². The lowest BCUT2D eigenvalue weighted by Gasteiger charge is -2.26. The van der Waals surface area contributed by atoms with Crippen molar-refractivity contribution in [1.82, 2.24) is 0 Å². The van der Waals surface area contributed by atoms with E-state index >= 15 is 0 Å². The van der Waals surface area contributed by atoms with Crippen LogP contribution in [-0.4, -0.2) is 6.61 Å². The number of hydrogen-bond donors (Lipinski definition) is 0. The summed E-state index contributed by atoms with van der Waals surface area (Å²) in [6.45, 7) is 13.0. The minimum Gasteiger partial charge on any atom is -0.493 e. The van der Waals surface area contributed by atoms with Crippen LogP contribution in [0.4, 0.5) is 17.1 Å². The van der Waals surface area contributed by atoms with Crippen LogP contribution < -0.4 is 9.64 Å². The van der Waals surface area contributed by atoms with Gasteiger partial charge in [-0.1, -0.05) is 82.7 Å². The van der Waals surface area contributed by atoms with E-state index in [2.05, 4.69) is 105 Å². The molecule has 1 atom stereocenters. The van der Waals surface area contributed by atoms with Crippen molar-refractivity contribution in [2.75, 3.05) is 11.5 Å². The summed E-state index contributed by atoms with van der Waals surface area (Å²) in [5.74, 6) is 1.55. The van der Waals surface area contributed by atoms with Crippen LogP contribution in [-0.2, 0) is 0 Å². The van der Waals surface area contributed by atoms with E-state index in [0.717, 1.165) is 47.0 Å². The smallest absolute Gasteiger partial charge is 0.119 e. The van der Waals surface area contributed by atoms with Crippen LogP contribution in [0.1, 0.15) is 50.7 Å². The first-order valence-electron chi connectivity index (χ1n) is 11.7. The van der Waals surface area contributed by atoms with Crippen LogP contribution in [0, 0.1) is 5.92 Å². The Hall–Kier alpha value is -3.26. The Bertz CT molecular complexity index is 919. The highest BCUT2D eigenvalue weighted by Crippen LogP contribution is 2.35. The van der Waals surface area contributed by atoms with E-state index in [1.807, 2.05) is 12.2 Å². The zero-order chi connectivity index (χ0) is 22.8. The van der Waals surface area contributed by atoms with Gasteiger partial charge in [0.05, 0.1) is 6.61 Å². The summed E-state index contributed by atoms with van der Waals surface area (Å²) < 4.78 is 6.12. The fourth-order valence-electron chi connectivity index (χ4n) is 3.77. The molecule has 0 heterocycles. The highest BCUT2D eigenvalue weighted by molar-refractivity contribution is 5.77. The Kier molecular flexibility index (Phi) is 8.74. The average molecular weight is 426 g/mol. The quantitative estimate of drug-likeness (QED) is 0.287. The molecule has 0 radical (unpaired) electrons. The molecule has 0 aromatic heterocycles. The molecule has 0 aliphatic rings. The van der Waals surface area contributed by atoms with E-state index in [9.17, 15) is 0 Å². The van der Waals surface area contributed by atoms with Crippen molar-refractivity contribution in [1.29, 1.82) is 0 Å². The van der Waals surface area contributed by atoms with Crippen molar-refractivity contribution in [2.45, 2.75) is 39.5 Å². The second-order valence-corrected chi connectivity index (χ2v) is 8.15. The van der Waals surface area contributed by atoms with Crippen molar-refractivity contribution < 1.29 is 4.74 Å². The van der Waals surface area contributed by atoms with Crippen LogP contribution in [0.5, 0.6) is 5.75 Å². The number of rotatable bonds is 12. The Balaban J connectivity index is 1.83. The molecule has 0 aliphatic heterocycles. The lowest BCUT2D eigenvalue weighted by atomic mass is 10.0. The average Bonchev–Trinajstić information content (AvgIpc) is 2.86. The third-order valence-corrected chi connectivity index (χ3v) is 5.90. The number of benzene rings is 3. The summed E-state index contributed by atoms with van der Waals surface area (Å²) in [6.07, 6.45) is 8.63. The summed E-state index contributed by atoms with van der Waals surface area (Å²) in [5, 5.41) is 0. The lowest BCUT2D eigenvalue weighted by molar-refractivity contribution is 0.233. The van der Waals surface area contributed by atoms with Gasteiger partial charge in [0.15, 0.2) is 0 Å². The van der Waals surface area contributed by atoms with Gasteiger partial charge in [-0.05, 0) is 72.0 Å². The predicted molar refractivity (Wildman–Crippen MR) is 140 cm³/mol. The highest BCUT2D eigenvalue weighted by atomic mass is 16.5. The van der Waals surface area contributed by atoms with Crippen LogP contribution in [0.3, 0.4) is 0 Å². The largest absolute Gasteiger partial charge is 0.493 e. The molecular formula is C30H35NO. The molecule has 2 heteroatoms. The molecule has 3 rings (SSSR count). The van der Waals surface area contributed by atoms with E-state index in [0.29, 0.717) is 5.92 Å². The molecule has 0 saturated carbocycles. The van der Waals surface area contributed by atoms with Gasteiger partial charge in [-0.25, -0.2) is 0 Å². The lowest BCUT2D eigenvalue weighted by Crippen LogP contribution is -2.12. The zero-order valence-corrected chi connectivity index (χ0v) is 19.5. The Morgan fingerprint density at radius 3 is 1.62 bits per heavy atom. The maximum Gasteiger partial charge on any atom is 0.119 e. The first-order valence-corrected chi connectivity index (χ1v) is 11.7. The van der Waals surface area contributed by atoms with Crippen molar-refractivity contribution in [3.8, 4) is 5.75 Å². The molecule has 0 fully saturated rings. The second-order valence-electron chi connectivity index (χ2n) is 8.15. The molecule has 2 nitrogen and oxygen atoms in total. The molecule has 0 spiro atoms. The van der Waals surface area contributed by atoms with Gasteiger partial charge in [-0.2, -0.15) is 0 Å². The summed E-state index contributed by atoms with van der Waals surface area (Å²) in [5.41, 5.74) is 5.50. The maximum atomic E-state index is 6.12. The van der Waals surface area contributed by atoms with Crippen molar-refractivity contribution in [2.24, 2.45) is 5.92 Å². The van der Waals surface area contributed by atoms with Gasteiger partial charge in [0.25, 0.3) is 0 Å². The maximum absolute atomic E-state index is 6.12. The molecule has 32 heavy (non-hydrogen) atoms. The van der Waals surface area contributed by atoms with E-state index in [1.54, 1.807) is 0 Å². The SMILES string of the molecule is C=Cc1ccc(N(c2ccc(C=C)cc2)c2ccc(OCC(CC)CCCC)cc2)cc1. The van der Waals surface area contributed by atoms with E-state index < -0.39 is 0 Å². The molecule has 0 bridgehead atoms. The van der Waals surface area contributed by atoms with Gasteiger partial charge >= 0.3 is 0 Å². The zero-order valence-electron chi connectivity index (χ0n) is 19.5. The van der Waals surface area contributed by atoms with Crippen LogP contribution in [0.15, 0.2) is 86.0 Å². The van der Waals surface area contributed by atoms with Crippen LogP contribution in [0.25, 0.3) is 12.2 Å². The minimum absolute atomic E-state index is 0.623. The summed E-state index contributed by atoms with van der Waals surface area (Å²) in [4.78, 5) is 2.25. The van der Waals surface area contributed by atoms with Crippen molar-refractivity contribution in [3.63, 3.8) is 0 Å². The minimum atomic E-state index is 0.623. The summed E-state index contributed by atoms with van der Waals surface area (Å²) in [6, 6.07) is 25.3. The van der Waals surface area contributed by atoms with E-state index in [4.69, 9.17) is 4.74 Å². The first kappa shape index (κ1) is 23.4. The third kappa shape index (κ3) is 6.13. The molecule has 0 N–H and O–H groups in total. The number of hydrogen-bond acceptors (Lipinski definition) is 2. The molecule has 0 saturated heterocycles. The molecule has 166 valence electrons. The molecule has 3 aromatic carbocycles. The molecule has 3 aromatic rings.